The van der Waals surface area contributed by atoms with E-state index in [4.69, 9.17) is 11.6 Å². The van der Waals surface area contributed by atoms with Crippen LogP contribution < -0.4 is 5.32 Å². The van der Waals surface area contributed by atoms with Crippen LogP contribution in [0.15, 0.2) is 12.1 Å². The van der Waals surface area contributed by atoms with Crippen molar-refractivity contribution in [2.45, 2.75) is 50.3 Å². The van der Waals surface area contributed by atoms with Crippen molar-refractivity contribution >= 4 is 32.8 Å². The molecule has 0 aromatic carbocycles. The molecule has 114 valence electrons. The summed E-state index contributed by atoms with van der Waals surface area (Å²) in [6, 6.07) is 3.90. The van der Waals surface area contributed by atoms with Gasteiger partial charge in [0.25, 0.3) is 0 Å². The Bertz CT molecular complexity index is 527. The van der Waals surface area contributed by atoms with Crippen LogP contribution in [0, 0.1) is 0 Å². The second-order valence-electron chi connectivity index (χ2n) is 5.37. The molecule has 0 amide bonds. The first-order valence-corrected chi connectivity index (χ1v) is 10.1. The summed E-state index contributed by atoms with van der Waals surface area (Å²) in [6.45, 7) is 2.96. The smallest absolute Gasteiger partial charge is 0.154 e. The maximum Gasteiger partial charge on any atom is 0.154 e. The van der Waals surface area contributed by atoms with Gasteiger partial charge < -0.3 is 5.32 Å². The van der Waals surface area contributed by atoms with Crippen LogP contribution in [0.4, 0.5) is 0 Å². The first kappa shape index (κ1) is 16.3. The van der Waals surface area contributed by atoms with Gasteiger partial charge in [-0.2, -0.15) is 0 Å². The Kier molecular flexibility index (Phi) is 5.90. The van der Waals surface area contributed by atoms with Gasteiger partial charge in [0, 0.05) is 10.9 Å². The van der Waals surface area contributed by atoms with E-state index in [0.717, 1.165) is 47.9 Å². The Hall–Kier alpha value is -0.100. The summed E-state index contributed by atoms with van der Waals surface area (Å²) >= 11 is 7.51. The minimum atomic E-state index is -2.96. The van der Waals surface area contributed by atoms with Crippen LogP contribution in [0.2, 0.25) is 4.34 Å². The lowest BCUT2D eigenvalue weighted by molar-refractivity contribution is 0.435. The van der Waals surface area contributed by atoms with E-state index in [1.165, 1.54) is 0 Å². The highest BCUT2D eigenvalue weighted by atomic mass is 35.5. The van der Waals surface area contributed by atoms with E-state index >= 15 is 0 Å². The van der Waals surface area contributed by atoms with Gasteiger partial charge >= 0.3 is 0 Å². The highest BCUT2D eigenvalue weighted by molar-refractivity contribution is 7.92. The van der Waals surface area contributed by atoms with Gasteiger partial charge in [-0.25, -0.2) is 8.42 Å². The molecule has 1 aromatic heterocycles. The summed E-state index contributed by atoms with van der Waals surface area (Å²) in [4.78, 5) is 1.16. The zero-order valence-electron chi connectivity index (χ0n) is 11.8. The molecular formula is C14H22ClNO2S2. The Balaban J connectivity index is 2.13. The van der Waals surface area contributed by atoms with E-state index in [0.29, 0.717) is 5.75 Å². The van der Waals surface area contributed by atoms with E-state index in [1.54, 1.807) is 11.3 Å². The average molecular weight is 336 g/mol. The fourth-order valence-corrected chi connectivity index (χ4v) is 6.05. The molecule has 3 nitrogen and oxygen atoms in total. The molecule has 1 aliphatic rings. The number of hydrogen-bond acceptors (Lipinski definition) is 4. The molecule has 0 spiro atoms. The van der Waals surface area contributed by atoms with Crippen LogP contribution in [0.5, 0.6) is 0 Å². The lowest BCUT2D eigenvalue weighted by Gasteiger charge is -2.30. The molecule has 6 heteroatoms. The molecule has 2 atom stereocenters. The predicted molar refractivity (Wildman–Crippen MR) is 86.5 cm³/mol. The third-order valence-corrected chi connectivity index (χ3v) is 7.38. The number of hydrogen-bond donors (Lipinski definition) is 1. The molecule has 2 heterocycles. The maximum atomic E-state index is 12.3. The predicted octanol–water partition coefficient (Wildman–Crippen LogP) is 3.28. The molecule has 1 aliphatic heterocycles. The van der Waals surface area contributed by atoms with Gasteiger partial charge in [0.15, 0.2) is 9.84 Å². The van der Waals surface area contributed by atoms with Crippen molar-refractivity contribution < 1.29 is 8.42 Å². The third kappa shape index (κ3) is 4.20. The molecule has 1 N–H and O–H groups in total. The van der Waals surface area contributed by atoms with Gasteiger partial charge in [-0.15, -0.1) is 11.3 Å². The number of nitrogens with one attached hydrogen (secondary N) is 1. The van der Waals surface area contributed by atoms with Gasteiger partial charge in [-0.3, -0.25) is 0 Å². The van der Waals surface area contributed by atoms with Crippen molar-refractivity contribution in [1.29, 1.82) is 0 Å². The van der Waals surface area contributed by atoms with E-state index in [9.17, 15) is 8.42 Å². The monoisotopic (exact) mass is 335 g/mol. The van der Waals surface area contributed by atoms with Crippen molar-refractivity contribution in [2.24, 2.45) is 0 Å². The van der Waals surface area contributed by atoms with Gasteiger partial charge in [0.2, 0.25) is 0 Å². The van der Waals surface area contributed by atoms with Gasteiger partial charge in [0.1, 0.15) is 0 Å². The quantitative estimate of drug-likeness (QED) is 0.867. The van der Waals surface area contributed by atoms with E-state index in [2.05, 4.69) is 12.2 Å². The highest BCUT2D eigenvalue weighted by Gasteiger charge is 2.35. The van der Waals surface area contributed by atoms with Crippen LogP contribution in [-0.2, 0) is 16.3 Å². The summed E-state index contributed by atoms with van der Waals surface area (Å²) in [5.74, 6) is 0.340. The lowest BCUT2D eigenvalue weighted by atomic mass is 10.0. The second kappa shape index (κ2) is 7.25. The summed E-state index contributed by atoms with van der Waals surface area (Å²) in [5.41, 5.74) is 0. The standard InChI is InChI=1S/C14H22ClNO2S2/c1-2-8-16-12(10-11-6-7-14(15)19-11)13-5-3-4-9-20(13,17)18/h6-7,12-13,16H,2-5,8-10H2,1H3. The average Bonchev–Trinajstić information content (AvgIpc) is 2.80. The zero-order chi connectivity index (χ0) is 14.6. The van der Waals surface area contributed by atoms with Crippen molar-refractivity contribution in [3.8, 4) is 0 Å². The maximum absolute atomic E-state index is 12.3. The number of sulfone groups is 1. The van der Waals surface area contributed by atoms with Crippen LogP contribution in [0.25, 0.3) is 0 Å². The zero-order valence-corrected chi connectivity index (χ0v) is 14.2. The number of rotatable bonds is 6. The summed E-state index contributed by atoms with van der Waals surface area (Å²) in [5, 5.41) is 3.19. The molecule has 20 heavy (non-hydrogen) atoms. The molecule has 1 saturated heterocycles. The summed E-state index contributed by atoms with van der Waals surface area (Å²) < 4.78 is 25.4. The molecular weight excluding hydrogens is 314 g/mol. The molecule has 1 fully saturated rings. The first-order valence-electron chi connectivity index (χ1n) is 7.22. The number of thiophene rings is 1. The Labute approximate surface area is 130 Å². The lowest BCUT2D eigenvalue weighted by Crippen LogP contribution is -2.48. The van der Waals surface area contributed by atoms with Crippen molar-refractivity contribution in [3.63, 3.8) is 0 Å². The van der Waals surface area contributed by atoms with Crippen molar-refractivity contribution in [1.82, 2.24) is 5.32 Å². The minimum absolute atomic E-state index is 0.00923. The normalized spacial score (nSPS) is 23.6. The molecule has 0 radical (unpaired) electrons. The second-order valence-corrected chi connectivity index (χ2v) is 9.51. The van der Waals surface area contributed by atoms with Crippen molar-refractivity contribution in [2.75, 3.05) is 12.3 Å². The topological polar surface area (TPSA) is 46.2 Å². The SMILES string of the molecule is CCCNC(Cc1ccc(Cl)s1)C1CCCCS1(=O)=O. The fourth-order valence-electron chi connectivity index (χ4n) is 2.77. The van der Waals surface area contributed by atoms with Gasteiger partial charge in [-0.1, -0.05) is 24.9 Å². The highest BCUT2D eigenvalue weighted by Crippen LogP contribution is 2.27. The Morgan fingerprint density at radius 3 is 2.85 bits per heavy atom. The Morgan fingerprint density at radius 2 is 2.25 bits per heavy atom. The van der Waals surface area contributed by atoms with Crippen molar-refractivity contribution in [3.05, 3.63) is 21.3 Å². The van der Waals surface area contributed by atoms with Gasteiger partial charge in [-0.05, 0) is 44.4 Å². The van der Waals surface area contributed by atoms with E-state index in [1.807, 2.05) is 12.1 Å². The molecule has 2 rings (SSSR count). The molecule has 1 aromatic rings. The van der Waals surface area contributed by atoms with Crippen LogP contribution in [0.1, 0.15) is 37.5 Å². The van der Waals surface area contributed by atoms with Gasteiger partial charge in [0.05, 0.1) is 15.3 Å². The molecule has 2 unspecified atom stereocenters. The third-order valence-electron chi connectivity index (χ3n) is 3.78. The Morgan fingerprint density at radius 1 is 1.45 bits per heavy atom. The fraction of sp³-hybridized carbons (Fsp3) is 0.714. The van der Waals surface area contributed by atoms with Crippen LogP contribution >= 0.6 is 22.9 Å². The molecule has 0 saturated carbocycles. The first-order chi connectivity index (χ1) is 9.53. The minimum Gasteiger partial charge on any atom is -0.312 e. The number of halogens is 1. The summed E-state index contributed by atoms with van der Waals surface area (Å²) in [6.07, 6.45) is 4.36. The molecule has 0 bridgehead atoms. The van der Waals surface area contributed by atoms with Crippen LogP contribution in [0.3, 0.4) is 0 Å². The largest absolute Gasteiger partial charge is 0.312 e. The van der Waals surface area contributed by atoms with Crippen LogP contribution in [-0.4, -0.2) is 32.0 Å². The van der Waals surface area contributed by atoms with E-state index < -0.39 is 9.84 Å². The molecule has 0 aliphatic carbocycles. The van der Waals surface area contributed by atoms with E-state index in [-0.39, 0.29) is 11.3 Å². The summed E-state index contributed by atoms with van der Waals surface area (Å²) in [7, 11) is -2.96.